The second-order valence-electron chi connectivity index (χ2n) is 5.99. The molecule has 22 heavy (non-hydrogen) atoms. The van der Waals surface area contributed by atoms with Gasteiger partial charge in [-0.15, -0.1) is 5.10 Å². The molecule has 0 aliphatic heterocycles. The maximum atomic E-state index is 4.38. The zero-order valence-corrected chi connectivity index (χ0v) is 12.6. The van der Waals surface area contributed by atoms with Crippen molar-refractivity contribution in [1.82, 2.24) is 20.4 Å². The fourth-order valence-electron chi connectivity index (χ4n) is 3.30. The number of aromatic nitrogens is 4. The summed E-state index contributed by atoms with van der Waals surface area (Å²) < 4.78 is 0. The maximum absolute atomic E-state index is 4.38. The number of fused-ring (bicyclic) bond motifs is 1. The molecule has 0 bridgehead atoms. The summed E-state index contributed by atoms with van der Waals surface area (Å²) in [5.74, 6) is 2.19. The van der Waals surface area contributed by atoms with Gasteiger partial charge in [-0.3, -0.25) is 5.10 Å². The van der Waals surface area contributed by atoms with Crippen LogP contribution in [0.2, 0.25) is 0 Å². The van der Waals surface area contributed by atoms with Crippen LogP contribution in [-0.4, -0.2) is 20.4 Å². The molecule has 1 saturated carbocycles. The lowest BCUT2D eigenvalue weighted by molar-refractivity contribution is 0.693. The van der Waals surface area contributed by atoms with Crippen molar-refractivity contribution in [3.05, 3.63) is 41.7 Å². The summed E-state index contributed by atoms with van der Waals surface area (Å²) in [4.78, 5) is 0. The summed E-state index contributed by atoms with van der Waals surface area (Å²) in [6.07, 6.45) is 5.16. The highest BCUT2D eigenvalue weighted by atomic mass is 15.2. The standard InChI is InChI=1S/C17H19N5/c1-11-13-8-4-5-9-14(13)17(22-19-11)18-16-10-15(20-21-16)12-6-2-3-7-12/h4-5,8-10,12H,2-3,6-7H2,1H3,(H2,18,20,21,22). The number of aryl methyl sites for hydroxylation is 1. The van der Waals surface area contributed by atoms with Gasteiger partial charge in [0.25, 0.3) is 0 Å². The molecule has 2 N–H and O–H groups in total. The number of anilines is 2. The van der Waals surface area contributed by atoms with Gasteiger partial charge in [-0.2, -0.15) is 10.2 Å². The largest absolute Gasteiger partial charge is 0.321 e. The Morgan fingerprint density at radius 2 is 1.86 bits per heavy atom. The molecule has 1 aliphatic carbocycles. The number of hydrogen-bond acceptors (Lipinski definition) is 4. The molecule has 0 atom stereocenters. The maximum Gasteiger partial charge on any atom is 0.162 e. The Morgan fingerprint density at radius 1 is 1.09 bits per heavy atom. The average molecular weight is 293 g/mol. The Morgan fingerprint density at radius 3 is 2.68 bits per heavy atom. The Labute approximate surface area is 129 Å². The van der Waals surface area contributed by atoms with E-state index >= 15 is 0 Å². The molecular weight excluding hydrogens is 274 g/mol. The molecular formula is C17H19N5. The van der Waals surface area contributed by atoms with E-state index in [4.69, 9.17) is 0 Å². The average Bonchev–Trinajstić information content (AvgIpc) is 3.21. The first-order chi connectivity index (χ1) is 10.8. The summed E-state index contributed by atoms with van der Waals surface area (Å²) in [7, 11) is 0. The molecule has 0 unspecified atom stereocenters. The zero-order chi connectivity index (χ0) is 14.9. The van der Waals surface area contributed by atoms with E-state index in [2.05, 4.69) is 43.9 Å². The number of H-pyrrole nitrogens is 1. The van der Waals surface area contributed by atoms with Crippen molar-refractivity contribution in [2.75, 3.05) is 5.32 Å². The van der Waals surface area contributed by atoms with Gasteiger partial charge in [0.05, 0.1) is 5.69 Å². The SMILES string of the molecule is Cc1nnc(Nc2cc(C3CCCC3)[nH]n2)c2ccccc12. The van der Waals surface area contributed by atoms with E-state index in [9.17, 15) is 0 Å². The van der Waals surface area contributed by atoms with Crippen molar-refractivity contribution in [2.45, 2.75) is 38.5 Å². The van der Waals surface area contributed by atoms with Crippen LogP contribution in [0.5, 0.6) is 0 Å². The molecule has 112 valence electrons. The van der Waals surface area contributed by atoms with Crippen molar-refractivity contribution >= 4 is 22.4 Å². The van der Waals surface area contributed by atoms with Crippen LogP contribution in [0.15, 0.2) is 30.3 Å². The quantitative estimate of drug-likeness (QED) is 0.764. The van der Waals surface area contributed by atoms with Crippen LogP contribution in [0.3, 0.4) is 0 Å². The fourth-order valence-corrected chi connectivity index (χ4v) is 3.30. The smallest absolute Gasteiger partial charge is 0.162 e. The first-order valence-electron chi connectivity index (χ1n) is 7.85. The predicted molar refractivity (Wildman–Crippen MR) is 87.4 cm³/mol. The van der Waals surface area contributed by atoms with Gasteiger partial charge in [-0.25, -0.2) is 0 Å². The molecule has 1 aromatic carbocycles. The number of benzene rings is 1. The highest BCUT2D eigenvalue weighted by Gasteiger charge is 2.19. The van der Waals surface area contributed by atoms with Crippen LogP contribution in [0.1, 0.15) is 43.0 Å². The van der Waals surface area contributed by atoms with Gasteiger partial charge in [0.1, 0.15) is 0 Å². The number of nitrogens with one attached hydrogen (secondary N) is 2. The number of nitrogens with zero attached hydrogens (tertiary/aromatic N) is 3. The van der Waals surface area contributed by atoms with Crippen LogP contribution in [-0.2, 0) is 0 Å². The summed E-state index contributed by atoms with van der Waals surface area (Å²) >= 11 is 0. The van der Waals surface area contributed by atoms with Gasteiger partial charge in [0.2, 0.25) is 0 Å². The van der Waals surface area contributed by atoms with Gasteiger partial charge in [-0.05, 0) is 19.8 Å². The molecule has 1 fully saturated rings. The Bertz CT molecular complexity index is 802. The van der Waals surface area contributed by atoms with E-state index in [-0.39, 0.29) is 0 Å². The number of aromatic amines is 1. The topological polar surface area (TPSA) is 66.5 Å². The lowest BCUT2D eigenvalue weighted by Crippen LogP contribution is -1.99. The molecule has 0 spiro atoms. The van der Waals surface area contributed by atoms with Crippen LogP contribution in [0.25, 0.3) is 10.8 Å². The zero-order valence-electron chi connectivity index (χ0n) is 12.6. The molecule has 2 heterocycles. The third kappa shape index (κ3) is 2.32. The Hall–Kier alpha value is -2.43. The van der Waals surface area contributed by atoms with Crippen LogP contribution in [0, 0.1) is 6.92 Å². The molecule has 0 amide bonds. The van der Waals surface area contributed by atoms with Crippen molar-refractivity contribution in [3.8, 4) is 0 Å². The lowest BCUT2D eigenvalue weighted by atomic mass is 10.0. The monoisotopic (exact) mass is 293 g/mol. The summed E-state index contributed by atoms with van der Waals surface area (Å²) in [6, 6.07) is 10.3. The van der Waals surface area contributed by atoms with E-state index in [1.54, 1.807) is 0 Å². The molecule has 5 heteroatoms. The predicted octanol–water partition coefficient (Wildman–Crippen LogP) is 4.06. The molecule has 3 aromatic rings. The van der Waals surface area contributed by atoms with Gasteiger partial charge in [0, 0.05) is 28.5 Å². The fraction of sp³-hybridized carbons (Fsp3) is 0.353. The lowest BCUT2D eigenvalue weighted by Gasteiger charge is -2.07. The number of rotatable bonds is 3. The molecule has 0 saturated heterocycles. The molecule has 2 aromatic heterocycles. The van der Waals surface area contributed by atoms with E-state index < -0.39 is 0 Å². The van der Waals surface area contributed by atoms with Crippen molar-refractivity contribution in [2.24, 2.45) is 0 Å². The normalized spacial score (nSPS) is 15.5. The van der Waals surface area contributed by atoms with Crippen molar-refractivity contribution in [3.63, 3.8) is 0 Å². The minimum atomic E-state index is 0.629. The second kappa shape index (κ2) is 5.40. The molecule has 5 nitrogen and oxygen atoms in total. The van der Waals surface area contributed by atoms with E-state index in [0.29, 0.717) is 5.92 Å². The first-order valence-corrected chi connectivity index (χ1v) is 7.85. The van der Waals surface area contributed by atoms with Gasteiger partial charge in [-0.1, -0.05) is 37.1 Å². The minimum Gasteiger partial charge on any atom is -0.321 e. The van der Waals surface area contributed by atoms with Crippen LogP contribution in [0.4, 0.5) is 11.6 Å². The molecule has 4 rings (SSSR count). The highest BCUT2D eigenvalue weighted by Crippen LogP contribution is 2.34. The van der Waals surface area contributed by atoms with Crippen LogP contribution < -0.4 is 5.32 Å². The van der Waals surface area contributed by atoms with Crippen molar-refractivity contribution in [1.29, 1.82) is 0 Å². The van der Waals surface area contributed by atoms with Crippen molar-refractivity contribution < 1.29 is 0 Å². The first kappa shape index (κ1) is 13.2. The van der Waals surface area contributed by atoms with E-state index in [1.165, 1.54) is 31.4 Å². The molecule has 1 aliphatic rings. The van der Waals surface area contributed by atoms with Gasteiger partial charge in [0.15, 0.2) is 11.6 Å². The number of hydrogen-bond donors (Lipinski definition) is 2. The Kier molecular flexibility index (Phi) is 3.25. The van der Waals surface area contributed by atoms with Gasteiger partial charge < -0.3 is 5.32 Å². The van der Waals surface area contributed by atoms with E-state index in [1.807, 2.05) is 19.1 Å². The summed E-state index contributed by atoms with van der Waals surface area (Å²) in [5, 5.41) is 21.6. The summed E-state index contributed by atoms with van der Waals surface area (Å²) in [6.45, 7) is 1.98. The Balaban J connectivity index is 1.65. The van der Waals surface area contributed by atoms with Gasteiger partial charge >= 0.3 is 0 Å². The summed E-state index contributed by atoms with van der Waals surface area (Å²) in [5.41, 5.74) is 2.17. The third-order valence-corrected chi connectivity index (χ3v) is 4.51. The third-order valence-electron chi connectivity index (χ3n) is 4.51. The van der Waals surface area contributed by atoms with E-state index in [0.717, 1.165) is 28.1 Å². The molecule has 0 radical (unpaired) electrons. The van der Waals surface area contributed by atoms with Crippen LogP contribution >= 0.6 is 0 Å². The minimum absolute atomic E-state index is 0.629. The highest BCUT2D eigenvalue weighted by molar-refractivity contribution is 5.93. The second-order valence-corrected chi connectivity index (χ2v) is 5.99.